The van der Waals surface area contributed by atoms with Crippen LogP contribution >= 0.6 is 0 Å². The molecule has 2 aliphatic heterocycles. The summed E-state index contributed by atoms with van der Waals surface area (Å²) in [4.78, 5) is 17.0. The number of halogens is 2. The van der Waals surface area contributed by atoms with Crippen molar-refractivity contribution in [3.8, 4) is 0 Å². The molecule has 0 bridgehead atoms. The molecule has 1 N–H and O–H groups in total. The van der Waals surface area contributed by atoms with Crippen LogP contribution in [0.3, 0.4) is 0 Å². The predicted molar refractivity (Wildman–Crippen MR) is 130 cm³/mol. The first-order chi connectivity index (χ1) is 17.1. The molecule has 0 unspecified atom stereocenters. The van der Waals surface area contributed by atoms with Gasteiger partial charge in [0.2, 0.25) is 0 Å². The van der Waals surface area contributed by atoms with Gasteiger partial charge in [0.15, 0.2) is 0 Å². The van der Waals surface area contributed by atoms with E-state index in [2.05, 4.69) is 10.2 Å². The van der Waals surface area contributed by atoms with Gasteiger partial charge in [-0.05, 0) is 41.0 Å². The van der Waals surface area contributed by atoms with Crippen molar-refractivity contribution in [2.24, 2.45) is 0 Å². The summed E-state index contributed by atoms with van der Waals surface area (Å²) in [5.74, 6) is -0.633. The van der Waals surface area contributed by atoms with Crippen molar-refractivity contribution in [1.82, 2.24) is 15.1 Å². The van der Waals surface area contributed by atoms with E-state index in [0.717, 1.165) is 29.8 Å². The number of benzene rings is 3. The van der Waals surface area contributed by atoms with Gasteiger partial charge in [-0.15, -0.1) is 0 Å². The zero-order valence-corrected chi connectivity index (χ0v) is 19.4. The van der Waals surface area contributed by atoms with Gasteiger partial charge in [0.25, 0.3) is 0 Å². The molecule has 2 aliphatic rings. The first-order valence-electron chi connectivity index (χ1n) is 12.0. The van der Waals surface area contributed by atoms with E-state index in [4.69, 9.17) is 4.74 Å². The topological polar surface area (TPSA) is 44.8 Å². The zero-order chi connectivity index (χ0) is 24.2. The maximum absolute atomic E-state index is 13.7. The largest absolute Gasteiger partial charge is 0.445 e. The molecule has 3 aromatic carbocycles. The van der Waals surface area contributed by atoms with E-state index in [-0.39, 0.29) is 42.3 Å². The Bertz CT molecular complexity index is 1080. The maximum Gasteiger partial charge on any atom is 0.410 e. The summed E-state index contributed by atoms with van der Waals surface area (Å²) >= 11 is 0. The van der Waals surface area contributed by atoms with Crippen LogP contribution in [0.25, 0.3) is 0 Å². The van der Waals surface area contributed by atoms with E-state index < -0.39 is 0 Å². The Morgan fingerprint density at radius 3 is 2.14 bits per heavy atom. The van der Waals surface area contributed by atoms with Gasteiger partial charge in [0, 0.05) is 50.7 Å². The highest BCUT2D eigenvalue weighted by molar-refractivity contribution is 5.68. The summed E-state index contributed by atoms with van der Waals surface area (Å²) in [7, 11) is 0. The van der Waals surface area contributed by atoms with Gasteiger partial charge in [-0.25, -0.2) is 13.6 Å². The van der Waals surface area contributed by atoms with E-state index in [0.29, 0.717) is 19.6 Å². The van der Waals surface area contributed by atoms with Crippen LogP contribution in [-0.4, -0.2) is 60.7 Å². The highest BCUT2D eigenvalue weighted by Gasteiger charge is 2.40. The fourth-order valence-corrected chi connectivity index (χ4v) is 5.27. The highest BCUT2D eigenvalue weighted by atomic mass is 19.1. The van der Waals surface area contributed by atoms with Crippen LogP contribution in [0.1, 0.15) is 22.6 Å². The van der Waals surface area contributed by atoms with E-state index in [9.17, 15) is 13.6 Å². The quantitative estimate of drug-likeness (QED) is 0.592. The molecule has 0 aliphatic carbocycles. The third-order valence-corrected chi connectivity index (χ3v) is 6.99. The Labute approximate surface area is 204 Å². The summed E-state index contributed by atoms with van der Waals surface area (Å²) in [6, 6.07) is 23.0. The van der Waals surface area contributed by atoms with Crippen LogP contribution < -0.4 is 5.32 Å². The second-order valence-electron chi connectivity index (χ2n) is 9.18. The van der Waals surface area contributed by atoms with Gasteiger partial charge in [0.05, 0.1) is 0 Å². The molecule has 0 spiro atoms. The Morgan fingerprint density at radius 1 is 0.886 bits per heavy atom. The molecule has 1 amide bonds. The molecule has 0 aromatic heterocycles. The average Bonchev–Trinajstić information content (AvgIpc) is 2.90. The van der Waals surface area contributed by atoms with Crippen molar-refractivity contribution in [2.45, 2.75) is 24.6 Å². The minimum Gasteiger partial charge on any atom is -0.445 e. The number of carbonyl (C=O) groups is 1. The molecule has 2 saturated heterocycles. The van der Waals surface area contributed by atoms with Crippen molar-refractivity contribution in [3.05, 3.63) is 107 Å². The number of nitrogens with one attached hydrogen (secondary N) is 1. The van der Waals surface area contributed by atoms with Gasteiger partial charge in [0.1, 0.15) is 18.2 Å². The molecule has 2 fully saturated rings. The van der Waals surface area contributed by atoms with Gasteiger partial charge in [-0.1, -0.05) is 54.6 Å². The van der Waals surface area contributed by atoms with E-state index in [1.807, 2.05) is 54.6 Å². The van der Waals surface area contributed by atoms with Crippen molar-refractivity contribution in [2.75, 3.05) is 32.7 Å². The van der Waals surface area contributed by atoms with Gasteiger partial charge >= 0.3 is 6.09 Å². The third-order valence-electron chi connectivity index (χ3n) is 6.99. The predicted octanol–water partition coefficient (Wildman–Crippen LogP) is 4.39. The molecule has 0 saturated carbocycles. The standard InChI is InChI=1S/C28H29F2N3O2/c29-23-10-6-21(7-11-23)27(22-8-12-24(30)13-9-22)26-17-31-16-25-18-32(14-15-33(25)26)28(34)35-19-20-4-2-1-3-5-20/h1-13,25-27,31H,14-19H2/t25-,26+/m1/s1. The van der Waals surface area contributed by atoms with E-state index >= 15 is 0 Å². The lowest BCUT2D eigenvalue weighted by molar-refractivity contribution is 0.00850. The number of piperazine rings is 2. The first kappa shape index (κ1) is 23.5. The second kappa shape index (κ2) is 10.5. The molecule has 2 atom stereocenters. The molecule has 7 heteroatoms. The fourth-order valence-electron chi connectivity index (χ4n) is 5.27. The van der Waals surface area contributed by atoms with Crippen molar-refractivity contribution < 1.29 is 18.3 Å². The molecule has 5 nitrogen and oxygen atoms in total. The Balaban J connectivity index is 1.32. The number of nitrogens with zero attached hydrogens (tertiary/aromatic N) is 2. The smallest absolute Gasteiger partial charge is 0.410 e. The van der Waals surface area contributed by atoms with Gasteiger partial charge < -0.3 is 15.0 Å². The summed E-state index contributed by atoms with van der Waals surface area (Å²) in [5, 5.41) is 3.53. The minimum atomic E-state index is -0.302. The molecule has 2 heterocycles. The van der Waals surface area contributed by atoms with Gasteiger partial charge in [-0.3, -0.25) is 4.90 Å². The Hall–Kier alpha value is -3.29. The molecular formula is C28H29F2N3O2. The second-order valence-corrected chi connectivity index (χ2v) is 9.18. The zero-order valence-electron chi connectivity index (χ0n) is 19.4. The Morgan fingerprint density at radius 2 is 1.51 bits per heavy atom. The van der Waals surface area contributed by atoms with Crippen LogP contribution in [0.5, 0.6) is 0 Å². The summed E-state index contributed by atoms with van der Waals surface area (Å²) in [6.45, 7) is 3.60. The summed E-state index contributed by atoms with van der Waals surface area (Å²) < 4.78 is 32.9. The molecule has 35 heavy (non-hydrogen) atoms. The minimum absolute atomic E-state index is 0.0666. The van der Waals surface area contributed by atoms with Crippen LogP contribution in [0.2, 0.25) is 0 Å². The lowest BCUT2D eigenvalue weighted by atomic mass is 9.82. The lowest BCUT2D eigenvalue weighted by Crippen LogP contribution is -2.66. The van der Waals surface area contributed by atoms with Crippen LogP contribution in [-0.2, 0) is 11.3 Å². The summed E-state index contributed by atoms with van der Waals surface area (Å²) in [6.07, 6.45) is -0.302. The monoisotopic (exact) mass is 477 g/mol. The normalized spacial score (nSPS) is 20.5. The summed E-state index contributed by atoms with van der Waals surface area (Å²) in [5.41, 5.74) is 2.92. The van der Waals surface area contributed by atoms with Crippen LogP contribution in [0.4, 0.5) is 13.6 Å². The number of ether oxygens (including phenoxy) is 1. The Kier molecular flexibility index (Phi) is 7.06. The molecular weight excluding hydrogens is 448 g/mol. The molecule has 182 valence electrons. The number of hydrogen-bond acceptors (Lipinski definition) is 4. The maximum atomic E-state index is 13.7. The van der Waals surface area contributed by atoms with E-state index in [1.54, 1.807) is 4.90 Å². The van der Waals surface area contributed by atoms with Crippen LogP contribution in [0, 0.1) is 11.6 Å². The number of fused-ring (bicyclic) bond motifs is 1. The van der Waals surface area contributed by atoms with Crippen LogP contribution in [0.15, 0.2) is 78.9 Å². The third kappa shape index (κ3) is 5.36. The average molecular weight is 478 g/mol. The molecule has 5 rings (SSSR count). The first-order valence-corrected chi connectivity index (χ1v) is 12.0. The van der Waals surface area contributed by atoms with E-state index in [1.165, 1.54) is 24.3 Å². The highest BCUT2D eigenvalue weighted by Crippen LogP contribution is 2.34. The molecule has 0 radical (unpaired) electrons. The van der Waals surface area contributed by atoms with Crippen molar-refractivity contribution >= 4 is 6.09 Å². The SMILES string of the molecule is O=C(OCc1ccccc1)N1CCN2[C@H](CNC[C@H]2C(c2ccc(F)cc2)c2ccc(F)cc2)C1. The number of amides is 1. The van der Waals surface area contributed by atoms with Gasteiger partial charge in [-0.2, -0.15) is 0 Å². The molecule has 3 aromatic rings. The number of rotatable bonds is 5. The fraction of sp³-hybridized carbons (Fsp3) is 0.321. The number of carbonyl (C=O) groups excluding carboxylic acids is 1. The van der Waals surface area contributed by atoms with Crippen molar-refractivity contribution in [1.29, 1.82) is 0 Å². The number of hydrogen-bond donors (Lipinski definition) is 1. The lowest BCUT2D eigenvalue weighted by Gasteiger charge is -2.50. The van der Waals surface area contributed by atoms with Crippen molar-refractivity contribution in [3.63, 3.8) is 0 Å².